The van der Waals surface area contributed by atoms with E-state index in [4.69, 9.17) is 14.0 Å². The molecule has 0 spiro atoms. The lowest BCUT2D eigenvalue weighted by atomic mass is 10.1. The van der Waals surface area contributed by atoms with Crippen molar-refractivity contribution in [3.63, 3.8) is 0 Å². The Morgan fingerprint density at radius 2 is 1.84 bits per heavy atom. The van der Waals surface area contributed by atoms with Crippen LogP contribution >= 0.6 is 0 Å². The summed E-state index contributed by atoms with van der Waals surface area (Å²) in [6.45, 7) is 1.00. The zero-order valence-electron chi connectivity index (χ0n) is 16.3. The molecule has 10 heteroatoms. The van der Waals surface area contributed by atoms with E-state index in [1.165, 1.54) is 12.1 Å². The predicted molar refractivity (Wildman–Crippen MR) is 101 cm³/mol. The first-order chi connectivity index (χ1) is 14.8. The topological polar surface area (TPSA) is 91.5 Å². The number of ketones is 1. The summed E-state index contributed by atoms with van der Waals surface area (Å²) < 4.78 is 53.6. The molecule has 31 heavy (non-hydrogen) atoms. The Labute approximate surface area is 174 Å². The number of hydrogen-bond donors (Lipinski definition) is 0. The number of esters is 1. The number of hydrogen-bond acceptors (Lipinski definition) is 7. The fraction of sp³-hybridized carbons (Fsp3) is 0.238. The van der Waals surface area contributed by atoms with Crippen LogP contribution in [-0.4, -0.2) is 28.5 Å². The highest BCUT2D eigenvalue weighted by atomic mass is 19.4. The first-order valence-corrected chi connectivity index (χ1v) is 9.18. The van der Waals surface area contributed by atoms with Crippen LogP contribution in [0.25, 0.3) is 11.4 Å². The molecule has 0 aliphatic heterocycles. The highest BCUT2D eigenvalue weighted by Crippen LogP contribution is 2.31. The van der Waals surface area contributed by atoms with Crippen LogP contribution in [-0.2, 0) is 22.3 Å². The Morgan fingerprint density at radius 3 is 2.52 bits per heavy atom. The zero-order chi connectivity index (χ0) is 22.4. The van der Waals surface area contributed by atoms with Gasteiger partial charge in [0.2, 0.25) is 5.82 Å². The second-order valence-corrected chi connectivity index (χ2v) is 6.34. The summed E-state index contributed by atoms with van der Waals surface area (Å²) in [7, 11) is 0. The van der Waals surface area contributed by atoms with Gasteiger partial charge in [-0.2, -0.15) is 18.2 Å². The van der Waals surface area contributed by atoms with Gasteiger partial charge in [0.05, 0.1) is 5.56 Å². The summed E-state index contributed by atoms with van der Waals surface area (Å²) in [4.78, 5) is 27.3. The largest absolute Gasteiger partial charge is 0.482 e. The molecule has 3 aromatic rings. The molecule has 0 bridgehead atoms. The second kappa shape index (κ2) is 9.41. The highest BCUT2D eigenvalue weighted by molar-refractivity contribution is 5.95. The monoisotopic (exact) mass is 434 g/mol. The van der Waals surface area contributed by atoms with E-state index in [9.17, 15) is 22.8 Å². The predicted octanol–water partition coefficient (Wildman–Crippen LogP) is 4.47. The minimum atomic E-state index is -4.50. The molecule has 0 fully saturated rings. The summed E-state index contributed by atoms with van der Waals surface area (Å²) in [6.07, 6.45) is -4.11. The average molecular weight is 434 g/mol. The normalized spacial score (nSPS) is 11.2. The van der Waals surface area contributed by atoms with Crippen molar-refractivity contribution in [2.45, 2.75) is 26.1 Å². The molecule has 0 N–H and O–H groups in total. The SMILES string of the molecule is CCC(=O)c1ccc(OCC(=O)OCc2nc(-c3cccc(C(F)(F)F)c3)no2)cc1. The first-order valence-electron chi connectivity index (χ1n) is 9.18. The Bertz CT molecular complexity index is 1060. The van der Waals surface area contributed by atoms with Gasteiger partial charge in [-0.25, -0.2) is 4.79 Å². The number of Topliss-reactive ketones (excluding diaryl/α,β-unsaturated/α-hetero) is 1. The van der Waals surface area contributed by atoms with E-state index in [1.54, 1.807) is 31.2 Å². The third-order valence-electron chi connectivity index (χ3n) is 4.13. The molecule has 0 aliphatic rings. The summed E-state index contributed by atoms with van der Waals surface area (Å²) in [6, 6.07) is 10.8. The molecule has 3 rings (SSSR count). The number of ether oxygens (including phenoxy) is 2. The maximum Gasteiger partial charge on any atom is 0.416 e. The molecule has 2 aromatic carbocycles. The number of carbonyl (C=O) groups excluding carboxylic acids is 2. The fourth-order valence-corrected chi connectivity index (χ4v) is 2.53. The maximum absolute atomic E-state index is 12.8. The first kappa shape index (κ1) is 22.0. The molecule has 0 saturated heterocycles. The van der Waals surface area contributed by atoms with Crippen LogP contribution in [0.4, 0.5) is 13.2 Å². The minimum absolute atomic E-state index is 0.00461. The average Bonchev–Trinajstić information content (AvgIpc) is 3.25. The van der Waals surface area contributed by atoms with Gasteiger partial charge in [0.25, 0.3) is 5.89 Å². The van der Waals surface area contributed by atoms with Crippen LogP contribution in [0.1, 0.15) is 35.2 Å². The number of nitrogens with zero attached hydrogens (tertiary/aromatic N) is 2. The van der Waals surface area contributed by atoms with Crippen molar-refractivity contribution in [2.24, 2.45) is 0 Å². The van der Waals surface area contributed by atoms with E-state index in [1.807, 2.05) is 0 Å². The smallest absolute Gasteiger partial charge is 0.416 e. The van der Waals surface area contributed by atoms with Crippen molar-refractivity contribution in [2.75, 3.05) is 6.61 Å². The van der Waals surface area contributed by atoms with Gasteiger partial charge < -0.3 is 14.0 Å². The number of aromatic nitrogens is 2. The Hall–Kier alpha value is -3.69. The molecule has 0 aliphatic carbocycles. The highest BCUT2D eigenvalue weighted by Gasteiger charge is 2.30. The Kier molecular flexibility index (Phi) is 6.68. The van der Waals surface area contributed by atoms with E-state index in [0.717, 1.165) is 12.1 Å². The minimum Gasteiger partial charge on any atom is -0.482 e. The van der Waals surface area contributed by atoms with Crippen LogP contribution < -0.4 is 4.74 Å². The van der Waals surface area contributed by atoms with Gasteiger partial charge in [-0.3, -0.25) is 4.79 Å². The van der Waals surface area contributed by atoms with E-state index in [2.05, 4.69) is 10.1 Å². The molecule has 0 saturated carbocycles. The lowest BCUT2D eigenvalue weighted by molar-refractivity contribution is -0.148. The summed E-state index contributed by atoms with van der Waals surface area (Å²) in [5.74, 6) is -0.477. The number of rotatable bonds is 8. The molecule has 1 aromatic heterocycles. The quantitative estimate of drug-likeness (QED) is 0.382. The number of alkyl halides is 3. The fourth-order valence-electron chi connectivity index (χ4n) is 2.53. The zero-order valence-corrected chi connectivity index (χ0v) is 16.3. The van der Waals surface area contributed by atoms with Crippen LogP contribution in [0, 0.1) is 0 Å². The lowest BCUT2D eigenvalue weighted by Crippen LogP contribution is -2.14. The molecule has 0 radical (unpaired) electrons. The molecule has 0 unspecified atom stereocenters. The summed E-state index contributed by atoms with van der Waals surface area (Å²) >= 11 is 0. The van der Waals surface area contributed by atoms with E-state index >= 15 is 0 Å². The van der Waals surface area contributed by atoms with Crippen LogP contribution in [0.2, 0.25) is 0 Å². The van der Waals surface area contributed by atoms with Crippen molar-refractivity contribution < 1.29 is 36.8 Å². The van der Waals surface area contributed by atoms with Crippen molar-refractivity contribution in [3.05, 3.63) is 65.5 Å². The lowest BCUT2D eigenvalue weighted by Gasteiger charge is -2.06. The van der Waals surface area contributed by atoms with E-state index < -0.39 is 24.3 Å². The summed E-state index contributed by atoms with van der Waals surface area (Å²) in [5, 5.41) is 3.61. The van der Waals surface area contributed by atoms with Gasteiger partial charge in [-0.15, -0.1) is 0 Å². The number of carbonyl (C=O) groups is 2. The molecule has 0 atom stereocenters. The van der Waals surface area contributed by atoms with Crippen LogP contribution in [0.15, 0.2) is 53.1 Å². The van der Waals surface area contributed by atoms with Crippen LogP contribution in [0.3, 0.4) is 0 Å². The van der Waals surface area contributed by atoms with Crippen molar-refractivity contribution in [3.8, 4) is 17.1 Å². The van der Waals surface area contributed by atoms with Crippen molar-refractivity contribution in [1.82, 2.24) is 10.1 Å². The standard InChI is InChI=1S/C21H17F3N2O5/c1-2-17(27)13-6-8-16(9-7-13)29-12-19(28)30-11-18-25-20(26-31-18)14-4-3-5-15(10-14)21(22,23)24/h3-10H,2,11-12H2,1H3. The van der Waals surface area contributed by atoms with Gasteiger partial charge in [-0.1, -0.05) is 24.2 Å². The Morgan fingerprint density at radius 1 is 1.10 bits per heavy atom. The van der Waals surface area contributed by atoms with Crippen LogP contribution in [0.5, 0.6) is 5.75 Å². The van der Waals surface area contributed by atoms with Crippen molar-refractivity contribution in [1.29, 1.82) is 0 Å². The third kappa shape index (κ3) is 5.91. The molecule has 162 valence electrons. The number of benzene rings is 2. The van der Waals surface area contributed by atoms with Gasteiger partial charge in [0.1, 0.15) is 5.75 Å². The molecular formula is C21H17F3N2O5. The Balaban J connectivity index is 1.51. The maximum atomic E-state index is 12.8. The third-order valence-corrected chi connectivity index (χ3v) is 4.13. The molecule has 7 nitrogen and oxygen atoms in total. The van der Waals surface area contributed by atoms with Gasteiger partial charge in [0, 0.05) is 17.5 Å². The van der Waals surface area contributed by atoms with Gasteiger partial charge in [-0.05, 0) is 36.4 Å². The van der Waals surface area contributed by atoms with Crippen molar-refractivity contribution >= 4 is 11.8 Å². The summed E-state index contributed by atoms with van der Waals surface area (Å²) in [5.41, 5.74) is -0.179. The van der Waals surface area contributed by atoms with Gasteiger partial charge in [0.15, 0.2) is 19.0 Å². The number of halogens is 3. The molecule has 1 heterocycles. The van der Waals surface area contributed by atoms with E-state index in [-0.39, 0.29) is 29.7 Å². The van der Waals surface area contributed by atoms with Gasteiger partial charge >= 0.3 is 12.1 Å². The molecular weight excluding hydrogens is 417 g/mol. The molecule has 0 amide bonds. The second-order valence-electron chi connectivity index (χ2n) is 6.34. The van der Waals surface area contributed by atoms with E-state index in [0.29, 0.717) is 17.7 Å².